The van der Waals surface area contributed by atoms with Gasteiger partial charge in [0.25, 0.3) is 0 Å². The van der Waals surface area contributed by atoms with Gasteiger partial charge in [0.15, 0.2) is 5.11 Å². The molecule has 2 N–H and O–H groups in total. The summed E-state index contributed by atoms with van der Waals surface area (Å²) in [7, 11) is 1.69. The molecule has 16 heavy (non-hydrogen) atoms. The Hall–Kier alpha value is -1.21. The number of hydrogen-bond donors (Lipinski definition) is 2. The first-order valence-electron chi connectivity index (χ1n) is 5.17. The maximum atomic E-state index is 5.09. The molecule has 0 saturated heterocycles. The normalized spacial score (nSPS) is 10.1. The molecule has 0 spiro atoms. The van der Waals surface area contributed by atoms with Crippen molar-refractivity contribution in [1.82, 2.24) is 25.6 Å². The highest BCUT2D eigenvalue weighted by atomic mass is 32.1. The number of nitrogens with zero attached hydrogens (tertiary/aromatic N) is 3. The van der Waals surface area contributed by atoms with E-state index in [0.717, 1.165) is 32.7 Å². The molecule has 6 nitrogen and oxygen atoms in total. The highest BCUT2D eigenvalue weighted by Gasteiger charge is 1.95. The van der Waals surface area contributed by atoms with Crippen LogP contribution in [0.5, 0.6) is 0 Å². The lowest BCUT2D eigenvalue weighted by Gasteiger charge is -2.09. The Labute approximate surface area is 100 Å². The fourth-order valence-corrected chi connectivity index (χ4v) is 1.32. The average molecular weight is 243 g/mol. The van der Waals surface area contributed by atoms with Gasteiger partial charge in [-0.05, 0) is 18.6 Å². The van der Waals surface area contributed by atoms with Gasteiger partial charge in [0, 0.05) is 33.0 Å². The first-order valence-corrected chi connectivity index (χ1v) is 5.58. The molecule has 0 atom stereocenters. The summed E-state index contributed by atoms with van der Waals surface area (Å²) in [6, 6.07) is 0. The van der Waals surface area contributed by atoms with Crippen LogP contribution in [0.4, 0.5) is 0 Å². The number of methoxy groups -OCH3 is 1. The first kappa shape index (κ1) is 12.9. The van der Waals surface area contributed by atoms with E-state index in [-0.39, 0.29) is 0 Å². The van der Waals surface area contributed by atoms with E-state index in [4.69, 9.17) is 17.0 Å². The summed E-state index contributed by atoms with van der Waals surface area (Å²) in [5.74, 6) is 0. The average Bonchev–Trinajstić information content (AvgIpc) is 2.77. The number of thiocarbonyl (C=S) groups is 1. The lowest BCUT2D eigenvalue weighted by atomic mass is 10.4. The van der Waals surface area contributed by atoms with E-state index in [1.54, 1.807) is 18.0 Å². The first-order chi connectivity index (χ1) is 7.83. The Kier molecular flexibility index (Phi) is 6.43. The van der Waals surface area contributed by atoms with Crippen molar-refractivity contribution in [3.63, 3.8) is 0 Å². The summed E-state index contributed by atoms with van der Waals surface area (Å²) in [5.41, 5.74) is 0. The third kappa shape index (κ3) is 5.62. The number of hydrogen-bond acceptors (Lipinski definition) is 4. The number of ether oxygens (including phenoxy) is 1. The Morgan fingerprint density at radius 2 is 2.25 bits per heavy atom. The van der Waals surface area contributed by atoms with Crippen molar-refractivity contribution in [2.75, 3.05) is 26.8 Å². The molecule has 0 bridgehead atoms. The summed E-state index contributed by atoms with van der Waals surface area (Å²) >= 11 is 5.09. The second-order valence-electron chi connectivity index (χ2n) is 3.20. The Bertz CT molecular complexity index is 290. The second-order valence-corrected chi connectivity index (χ2v) is 3.60. The van der Waals surface area contributed by atoms with Crippen LogP contribution in [0.2, 0.25) is 0 Å². The van der Waals surface area contributed by atoms with Crippen LogP contribution in [0.15, 0.2) is 12.4 Å². The predicted octanol–water partition coefficient (Wildman–Crippen LogP) is -0.221. The molecule has 1 heterocycles. The zero-order valence-corrected chi connectivity index (χ0v) is 10.2. The van der Waals surface area contributed by atoms with Crippen molar-refractivity contribution in [1.29, 1.82) is 0 Å². The van der Waals surface area contributed by atoms with E-state index in [1.165, 1.54) is 0 Å². The maximum Gasteiger partial charge on any atom is 0.166 e. The van der Waals surface area contributed by atoms with Gasteiger partial charge in [0.05, 0.1) is 12.7 Å². The fraction of sp³-hybridized carbons (Fsp3) is 0.667. The molecule has 0 aliphatic rings. The van der Waals surface area contributed by atoms with Crippen molar-refractivity contribution >= 4 is 17.3 Å². The lowest BCUT2D eigenvalue weighted by Crippen LogP contribution is -2.37. The molecule has 0 aromatic carbocycles. The van der Waals surface area contributed by atoms with Gasteiger partial charge in [-0.1, -0.05) is 5.21 Å². The van der Waals surface area contributed by atoms with Gasteiger partial charge >= 0.3 is 0 Å². The minimum absolute atomic E-state index is 0.663. The van der Waals surface area contributed by atoms with E-state index in [9.17, 15) is 0 Å². The molecule has 1 rings (SSSR count). The number of nitrogens with one attached hydrogen (secondary N) is 2. The van der Waals surface area contributed by atoms with E-state index < -0.39 is 0 Å². The van der Waals surface area contributed by atoms with Crippen LogP contribution in [0, 0.1) is 0 Å². The monoisotopic (exact) mass is 243 g/mol. The molecule has 0 saturated carbocycles. The molecular formula is C9H17N5OS. The third-order valence-corrected chi connectivity index (χ3v) is 2.20. The summed E-state index contributed by atoms with van der Waals surface area (Å²) in [6.07, 6.45) is 4.42. The standard InChI is InChI=1S/C9H17N5OS/c1-15-8-2-3-10-9(16)11-4-6-14-7-5-12-13-14/h5,7H,2-4,6,8H2,1H3,(H2,10,11,16). The highest BCUT2D eigenvalue weighted by Crippen LogP contribution is 1.80. The van der Waals surface area contributed by atoms with E-state index in [1.807, 2.05) is 6.20 Å². The molecule has 0 aliphatic heterocycles. The second kappa shape index (κ2) is 8.00. The topological polar surface area (TPSA) is 64.0 Å². The van der Waals surface area contributed by atoms with Gasteiger partial charge < -0.3 is 15.4 Å². The van der Waals surface area contributed by atoms with Crippen LogP contribution in [0.3, 0.4) is 0 Å². The molecule has 1 aromatic heterocycles. The van der Waals surface area contributed by atoms with Crippen LogP contribution >= 0.6 is 12.2 Å². The van der Waals surface area contributed by atoms with E-state index in [0.29, 0.717) is 5.11 Å². The largest absolute Gasteiger partial charge is 0.385 e. The summed E-state index contributed by atoms with van der Waals surface area (Å²) < 4.78 is 6.68. The highest BCUT2D eigenvalue weighted by molar-refractivity contribution is 7.80. The Balaban J connectivity index is 1.98. The maximum absolute atomic E-state index is 5.09. The van der Waals surface area contributed by atoms with Crippen LogP contribution < -0.4 is 10.6 Å². The quantitative estimate of drug-likeness (QED) is 0.510. The van der Waals surface area contributed by atoms with Crippen LogP contribution in [-0.4, -0.2) is 46.9 Å². The Morgan fingerprint density at radius 3 is 2.94 bits per heavy atom. The van der Waals surface area contributed by atoms with Crippen molar-refractivity contribution in [2.45, 2.75) is 13.0 Å². The predicted molar refractivity (Wildman–Crippen MR) is 65.1 cm³/mol. The zero-order chi connectivity index (χ0) is 11.6. The molecular weight excluding hydrogens is 226 g/mol. The van der Waals surface area contributed by atoms with E-state index >= 15 is 0 Å². The van der Waals surface area contributed by atoms with Gasteiger partial charge in [0.1, 0.15) is 0 Å². The summed E-state index contributed by atoms with van der Waals surface area (Å²) in [6.45, 7) is 3.05. The van der Waals surface area contributed by atoms with Crippen LogP contribution in [0.25, 0.3) is 0 Å². The third-order valence-electron chi connectivity index (χ3n) is 1.91. The minimum atomic E-state index is 0.663. The SMILES string of the molecule is COCCCNC(=S)NCCn1ccnn1. The lowest BCUT2D eigenvalue weighted by molar-refractivity contribution is 0.195. The fourth-order valence-electron chi connectivity index (χ4n) is 1.12. The van der Waals surface area contributed by atoms with Gasteiger partial charge in [-0.25, -0.2) is 0 Å². The smallest absolute Gasteiger partial charge is 0.166 e. The molecule has 0 fully saturated rings. The summed E-state index contributed by atoms with van der Waals surface area (Å²) in [5, 5.41) is 14.4. The van der Waals surface area contributed by atoms with Gasteiger partial charge in [-0.15, -0.1) is 5.10 Å². The molecule has 7 heteroatoms. The van der Waals surface area contributed by atoms with Crippen molar-refractivity contribution in [3.05, 3.63) is 12.4 Å². The number of aromatic nitrogens is 3. The molecule has 0 aliphatic carbocycles. The molecule has 1 aromatic rings. The molecule has 0 amide bonds. The van der Waals surface area contributed by atoms with Gasteiger partial charge in [0.2, 0.25) is 0 Å². The zero-order valence-electron chi connectivity index (χ0n) is 9.35. The van der Waals surface area contributed by atoms with Crippen molar-refractivity contribution in [2.24, 2.45) is 0 Å². The van der Waals surface area contributed by atoms with E-state index in [2.05, 4.69) is 20.9 Å². The Morgan fingerprint density at radius 1 is 1.44 bits per heavy atom. The van der Waals surface area contributed by atoms with Gasteiger partial charge in [-0.3, -0.25) is 4.68 Å². The molecule has 90 valence electrons. The van der Waals surface area contributed by atoms with Crippen molar-refractivity contribution in [3.8, 4) is 0 Å². The van der Waals surface area contributed by atoms with Crippen LogP contribution in [0.1, 0.15) is 6.42 Å². The number of rotatable bonds is 7. The molecule has 0 radical (unpaired) electrons. The summed E-state index contributed by atoms with van der Waals surface area (Å²) in [4.78, 5) is 0. The van der Waals surface area contributed by atoms with Crippen LogP contribution in [-0.2, 0) is 11.3 Å². The minimum Gasteiger partial charge on any atom is -0.385 e. The molecule has 0 unspecified atom stereocenters. The van der Waals surface area contributed by atoms with Crippen molar-refractivity contribution < 1.29 is 4.74 Å². The van der Waals surface area contributed by atoms with Gasteiger partial charge in [-0.2, -0.15) is 0 Å².